The second kappa shape index (κ2) is 12.4. The van der Waals surface area contributed by atoms with Crippen LogP contribution in [0, 0.1) is 11.3 Å². The van der Waals surface area contributed by atoms with Crippen molar-refractivity contribution < 1.29 is 9.59 Å². The Bertz CT molecular complexity index is 563. The Hall–Kier alpha value is -1.07. The lowest BCUT2D eigenvalue weighted by atomic mass is 10.0. The standard InChI is InChI=1S/C22H39N2O2P/c1-5-8-15-27(16-9-6-2,17-10-7-3)20(18-23)22(26)19(4)24-14-12-11-13-21(24)25/h19H,5-17H2,1-4H3. The van der Waals surface area contributed by atoms with Crippen molar-refractivity contribution in [1.29, 1.82) is 5.26 Å². The van der Waals surface area contributed by atoms with Crippen molar-refractivity contribution in [2.45, 2.75) is 91.5 Å². The molecule has 0 radical (unpaired) electrons. The second-order valence-corrected chi connectivity index (χ2v) is 12.0. The van der Waals surface area contributed by atoms with E-state index in [4.69, 9.17) is 0 Å². The van der Waals surface area contributed by atoms with Gasteiger partial charge in [-0.25, -0.2) is 0 Å². The number of unbranched alkanes of at least 4 members (excludes halogenated alkanes) is 3. The normalized spacial score (nSPS) is 16.1. The van der Waals surface area contributed by atoms with E-state index >= 15 is 0 Å². The molecule has 1 fully saturated rings. The van der Waals surface area contributed by atoms with Crippen LogP contribution in [0.4, 0.5) is 0 Å². The molecule has 1 aliphatic rings. The molecule has 0 aromatic heterocycles. The van der Waals surface area contributed by atoms with Gasteiger partial charge in [-0.3, -0.25) is 9.59 Å². The highest BCUT2D eigenvalue weighted by molar-refractivity contribution is 7.78. The van der Waals surface area contributed by atoms with Gasteiger partial charge in [-0.1, -0.05) is 46.9 Å². The van der Waals surface area contributed by atoms with E-state index in [2.05, 4.69) is 26.8 Å². The van der Waals surface area contributed by atoms with E-state index in [9.17, 15) is 14.9 Å². The predicted octanol–water partition coefficient (Wildman–Crippen LogP) is 5.07. The summed E-state index contributed by atoms with van der Waals surface area (Å²) in [5.41, 5.74) is 0. The Kier molecular flexibility index (Phi) is 11.0. The molecule has 0 aliphatic carbocycles. The third-order valence-electron chi connectivity index (χ3n) is 5.84. The summed E-state index contributed by atoms with van der Waals surface area (Å²) in [6, 6.07) is 1.89. The van der Waals surface area contributed by atoms with Gasteiger partial charge in [0.25, 0.3) is 0 Å². The van der Waals surface area contributed by atoms with Crippen molar-refractivity contribution in [1.82, 2.24) is 4.90 Å². The highest BCUT2D eigenvalue weighted by atomic mass is 31.2. The Labute approximate surface area is 166 Å². The van der Waals surface area contributed by atoms with Crippen molar-refractivity contribution in [2.75, 3.05) is 25.0 Å². The number of nitriles is 1. The van der Waals surface area contributed by atoms with E-state index in [0.29, 0.717) is 18.3 Å². The molecule has 0 aromatic rings. The average Bonchev–Trinajstić information content (AvgIpc) is 2.68. The fraction of sp³-hybridized carbons (Fsp3) is 0.818. The van der Waals surface area contributed by atoms with Crippen molar-refractivity contribution >= 4 is 23.9 Å². The maximum atomic E-state index is 13.4. The molecule has 0 N–H and O–H groups in total. The molecule has 27 heavy (non-hydrogen) atoms. The Morgan fingerprint density at radius 3 is 2.00 bits per heavy atom. The molecule has 0 bridgehead atoms. The number of hydrogen-bond acceptors (Lipinski definition) is 3. The van der Waals surface area contributed by atoms with Crippen molar-refractivity contribution in [3.63, 3.8) is 0 Å². The van der Waals surface area contributed by atoms with E-state index in [0.717, 1.165) is 69.9 Å². The summed E-state index contributed by atoms with van der Waals surface area (Å²) in [5.74, 6) is 0.00314. The number of likely N-dealkylation sites (tertiary alicyclic amines) is 1. The van der Waals surface area contributed by atoms with Gasteiger partial charge in [0, 0.05) is 13.0 Å². The quantitative estimate of drug-likeness (QED) is 0.434. The van der Waals surface area contributed by atoms with Crippen molar-refractivity contribution in [3.8, 4) is 6.07 Å². The Morgan fingerprint density at radius 2 is 1.59 bits per heavy atom. The van der Waals surface area contributed by atoms with Crippen LogP contribution in [0.2, 0.25) is 0 Å². The first-order valence-electron chi connectivity index (χ1n) is 10.9. The number of rotatable bonds is 12. The lowest BCUT2D eigenvalue weighted by Crippen LogP contribution is -2.48. The van der Waals surface area contributed by atoms with Crippen LogP contribution in [-0.2, 0) is 9.59 Å². The zero-order valence-corrected chi connectivity index (χ0v) is 18.8. The molecule has 5 heteroatoms. The zero-order chi connectivity index (χ0) is 20.3. The minimum atomic E-state index is -1.77. The maximum absolute atomic E-state index is 13.4. The maximum Gasteiger partial charge on any atom is 0.223 e. The third-order valence-corrected chi connectivity index (χ3v) is 10.6. The number of ketones is 1. The van der Waals surface area contributed by atoms with Gasteiger partial charge in [0.1, 0.15) is 6.07 Å². The first-order chi connectivity index (χ1) is 13.0. The highest BCUT2D eigenvalue weighted by Gasteiger charge is 2.34. The molecule has 1 saturated heterocycles. The molecule has 1 unspecified atom stereocenters. The molecule has 4 nitrogen and oxygen atoms in total. The summed E-state index contributed by atoms with van der Waals surface area (Å²) >= 11 is 0. The van der Waals surface area contributed by atoms with Crippen molar-refractivity contribution in [3.05, 3.63) is 0 Å². The molecule has 0 spiro atoms. The van der Waals surface area contributed by atoms with Gasteiger partial charge in [0.2, 0.25) is 5.91 Å². The lowest BCUT2D eigenvalue weighted by Gasteiger charge is -2.34. The summed E-state index contributed by atoms with van der Waals surface area (Å²) in [7, 11) is 0. The Morgan fingerprint density at radius 1 is 1.07 bits per heavy atom. The van der Waals surface area contributed by atoms with Gasteiger partial charge in [0.05, 0.1) is 11.3 Å². The van der Waals surface area contributed by atoms with Crippen LogP contribution >= 0.6 is 6.89 Å². The van der Waals surface area contributed by atoms with Gasteiger partial charge in [-0.05, 0) is 57.5 Å². The third kappa shape index (κ3) is 6.49. The number of hydrogen-bond donors (Lipinski definition) is 0. The summed E-state index contributed by atoms with van der Waals surface area (Å²) in [4.78, 5) is 27.5. The number of carbonyl (C=O) groups is 2. The van der Waals surface area contributed by atoms with E-state index in [1.807, 2.05) is 6.92 Å². The van der Waals surface area contributed by atoms with Crippen molar-refractivity contribution in [2.24, 2.45) is 0 Å². The molecule has 1 amide bonds. The summed E-state index contributed by atoms with van der Waals surface area (Å²) < 4.78 is 0. The van der Waals surface area contributed by atoms with Gasteiger partial charge < -0.3 is 4.90 Å². The molecule has 1 heterocycles. The highest BCUT2D eigenvalue weighted by Crippen LogP contribution is 2.52. The topological polar surface area (TPSA) is 61.2 Å². The van der Waals surface area contributed by atoms with E-state index in [-0.39, 0.29) is 11.7 Å². The SMILES string of the molecule is CCCCP(CCCC)(CCCC)=C(C#N)C(=O)C(C)N1CCCCC1=O. The van der Waals surface area contributed by atoms with Gasteiger partial charge >= 0.3 is 0 Å². The smallest absolute Gasteiger partial charge is 0.223 e. The van der Waals surface area contributed by atoms with Crippen LogP contribution < -0.4 is 0 Å². The first-order valence-corrected chi connectivity index (χ1v) is 13.3. The average molecular weight is 395 g/mol. The number of amides is 1. The zero-order valence-electron chi connectivity index (χ0n) is 17.9. The van der Waals surface area contributed by atoms with Gasteiger partial charge in [-0.15, -0.1) is 0 Å². The molecule has 1 atom stereocenters. The van der Waals surface area contributed by atoms with Crippen LogP contribution in [0.15, 0.2) is 0 Å². The molecule has 0 aromatic carbocycles. The molecule has 1 aliphatic heterocycles. The summed E-state index contributed by atoms with van der Waals surface area (Å²) in [5, 5.41) is 10.6. The molecule has 1 rings (SSSR count). The summed E-state index contributed by atoms with van der Waals surface area (Å²) in [6.07, 6.45) is 11.9. The largest absolute Gasteiger partial charge is 0.333 e. The Balaban J connectivity index is 3.33. The molecule has 154 valence electrons. The van der Waals surface area contributed by atoms with Crippen LogP contribution in [0.5, 0.6) is 0 Å². The fourth-order valence-corrected chi connectivity index (χ4v) is 9.00. The van der Waals surface area contributed by atoms with E-state index < -0.39 is 12.9 Å². The van der Waals surface area contributed by atoms with Crippen LogP contribution in [-0.4, -0.2) is 53.0 Å². The minimum Gasteiger partial charge on any atom is -0.333 e. The predicted molar refractivity (Wildman–Crippen MR) is 117 cm³/mol. The van der Waals surface area contributed by atoms with Gasteiger partial charge in [-0.2, -0.15) is 5.26 Å². The molecule has 0 saturated carbocycles. The number of carbonyl (C=O) groups excluding carboxylic acids is 2. The molecular weight excluding hydrogens is 355 g/mol. The summed E-state index contributed by atoms with van der Waals surface area (Å²) in [6.45, 7) is 7.24. The minimum absolute atomic E-state index is 0.0654. The number of nitrogens with zero attached hydrogens (tertiary/aromatic N) is 2. The number of piperidine rings is 1. The second-order valence-electron chi connectivity index (χ2n) is 7.92. The van der Waals surface area contributed by atoms with Gasteiger partial charge in [0.15, 0.2) is 5.78 Å². The number of Topliss-reactive ketones (excluding diaryl/α,β-unsaturated/α-hetero) is 1. The molecular formula is C22H39N2O2P. The van der Waals surface area contributed by atoms with Crippen LogP contribution in [0.3, 0.4) is 0 Å². The van der Waals surface area contributed by atoms with E-state index in [1.165, 1.54) is 0 Å². The first kappa shape index (κ1) is 24.0. The van der Waals surface area contributed by atoms with Crippen LogP contribution in [0.1, 0.15) is 85.5 Å². The van der Waals surface area contributed by atoms with E-state index in [1.54, 1.807) is 4.90 Å². The monoisotopic (exact) mass is 394 g/mol. The van der Waals surface area contributed by atoms with Crippen LogP contribution in [0.25, 0.3) is 0 Å². The lowest BCUT2D eigenvalue weighted by molar-refractivity contribution is -0.139. The fourth-order valence-electron chi connectivity index (χ4n) is 4.02.